The normalized spacial score (nSPS) is 8.29. The van der Waals surface area contributed by atoms with E-state index < -0.39 is 18.1 Å². The van der Waals surface area contributed by atoms with Gasteiger partial charge < -0.3 is 18.2 Å². The van der Waals surface area contributed by atoms with Crippen LogP contribution < -0.4 is 0 Å². The fourth-order valence-electron chi connectivity index (χ4n) is 0. The molecule has 0 radical (unpaired) electrons. The van der Waals surface area contributed by atoms with E-state index in [2.05, 4.69) is 22.4 Å². The van der Waals surface area contributed by atoms with Gasteiger partial charge in [0.05, 0.1) is 0 Å². The predicted octanol–water partition coefficient (Wildman–Crippen LogP) is -2.02. The van der Waals surface area contributed by atoms with Crippen molar-refractivity contribution >= 4 is 40.5 Å². The summed E-state index contributed by atoms with van der Waals surface area (Å²) >= 11 is 6.49. The molecule has 14 heavy (non-hydrogen) atoms. The molecule has 0 atom stereocenters. The number of hydrogen-bond donors (Lipinski definition) is 0. The van der Waals surface area contributed by atoms with E-state index in [-0.39, 0.29) is 68.3 Å². The molecular formula is Cu4O6S4. The van der Waals surface area contributed by atoms with E-state index in [0.29, 0.717) is 0 Å². The van der Waals surface area contributed by atoms with Crippen LogP contribution in [0, 0.1) is 0 Å². The van der Waals surface area contributed by atoms with Crippen molar-refractivity contribution in [3.05, 3.63) is 0 Å². The SMILES string of the molecule is O=S([O-])([O-])=S.O=S([O-])([O-])=S.[Cu+].[Cu+].[Cu+].[Cu+]. The molecule has 0 N–H and O–H groups in total. The van der Waals surface area contributed by atoms with E-state index in [1.54, 1.807) is 0 Å². The Labute approximate surface area is 134 Å². The van der Waals surface area contributed by atoms with Crippen LogP contribution in [0.15, 0.2) is 0 Å². The quantitative estimate of drug-likeness (QED) is 0.365. The Morgan fingerprint density at radius 2 is 0.643 bits per heavy atom. The molecule has 0 rings (SSSR count). The average Bonchev–Trinajstić information content (AvgIpc) is 1.12. The monoisotopic (exact) mass is 476 g/mol. The van der Waals surface area contributed by atoms with Gasteiger partial charge in [-0.1, -0.05) is 0 Å². The van der Waals surface area contributed by atoms with Crippen molar-refractivity contribution in [2.45, 2.75) is 0 Å². The molecule has 0 aliphatic heterocycles. The third-order valence-electron chi connectivity index (χ3n) is 0. The molecule has 0 heterocycles. The summed E-state index contributed by atoms with van der Waals surface area (Å²) in [5, 5.41) is 0. The molecular weight excluding hydrogens is 478 g/mol. The summed E-state index contributed by atoms with van der Waals surface area (Å²) in [4.78, 5) is 0. The minimum absolute atomic E-state index is 0. The topological polar surface area (TPSA) is 126 Å². The van der Waals surface area contributed by atoms with Gasteiger partial charge in [0.15, 0.2) is 0 Å². The van der Waals surface area contributed by atoms with Crippen molar-refractivity contribution in [3.8, 4) is 0 Å². The van der Waals surface area contributed by atoms with Crippen LogP contribution >= 0.6 is 0 Å². The van der Waals surface area contributed by atoms with Crippen LogP contribution in [-0.2, 0) is 109 Å². The maximum atomic E-state index is 8.89. The van der Waals surface area contributed by atoms with Gasteiger partial charge in [-0.2, -0.15) is 0 Å². The van der Waals surface area contributed by atoms with Crippen LogP contribution in [0.3, 0.4) is 0 Å². The Balaban J connectivity index is -0.0000000178. The number of hydrogen-bond acceptors (Lipinski definition) is 8. The maximum Gasteiger partial charge on any atom is 1.00 e. The van der Waals surface area contributed by atoms with Crippen LogP contribution in [-0.4, -0.2) is 26.6 Å². The van der Waals surface area contributed by atoms with Crippen LogP contribution in [0.5, 0.6) is 0 Å². The first-order valence-corrected chi connectivity index (χ1v) is 6.00. The van der Waals surface area contributed by atoms with Crippen LogP contribution in [0.4, 0.5) is 0 Å². The van der Waals surface area contributed by atoms with Crippen LogP contribution in [0.25, 0.3) is 0 Å². The Morgan fingerprint density at radius 1 is 0.643 bits per heavy atom. The molecule has 0 saturated heterocycles. The van der Waals surface area contributed by atoms with Gasteiger partial charge in [0, 0.05) is 0 Å². The van der Waals surface area contributed by atoms with E-state index in [9.17, 15) is 0 Å². The first kappa shape index (κ1) is 36.0. The first-order chi connectivity index (χ1) is 4.00. The molecule has 0 amide bonds. The summed E-state index contributed by atoms with van der Waals surface area (Å²) in [5.41, 5.74) is 0. The van der Waals surface area contributed by atoms with Crippen molar-refractivity contribution in [1.29, 1.82) is 0 Å². The average molecular weight is 478 g/mol. The van der Waals surface area contributed by atoms with Crippen LogP contribution in [0.1, 0.15) is 0 Å². The van der Waals surface area contributed by atoms with Gasteiger partial charge in [-0.25, -0.2) is 0 Å². The molecule has 0 aromatic carbocycles. The van der Waals surface area contributed by atoms with Crippen molar-refractivity contribution in [3.63, 3.8) is 0 Å². The molecule has 6 nitrogen and oxygen atoms in total. The molecule has 14 heteroatoms. The van der Waals surface area contributed by atoms with E-state index in [0.717, 1.165) is 0 Å². The van der Waals surface area contributed by atoms with Crippen LogP contribution in [0.2, 0.25) is 0 Å². The Bertz CT molecular complexity index is 218. The predicted molar refractivity (Wildman–Crippen MR) is 34.1 cm³/mol. The minimum Gasteiger partial charge on any atom is -0.780 e. The third-order valence-corrected chi connectivity index (χ3v) is 0. The van der Waals surface area contributed by atoms with Gasteiger partial charge in [0.25, 0.3) is 0 Å². The van der Waals surface area contributed by atoms with E-state index in [4.69, 9.17) is 26.6 Å². The van der Waals surface area contributed by atoms with Gasteiger partial charge in [0.1, 0.15) is 0 Å². The molecule has 0 fully saturated rings. The maximum absolute atomic E-state index is 8.89. The molecule has 0 aliphatic carbocycles. The largest absolute Gasteiger partial charge is 1.00 e. The zero-order valence-corrected chi connectivity index (χ0v) is 12.3. The third kappa shape index (κ3) is 387. The van der Waals surface area contributed by atoms with Gasteiger partial charge in [-0.3, -0.25) is 8.42 Å². The molecule has 0 saturated carbocycles. The second-order valence-corrected chi connectivity index (χ2v) is 4.90. The van der Waals surface area contributed by atoms with E-state index in [1.807, 2.05) is 0 Å². The van der Waals surface area contributed by atoms with Crippen molar-refractivity contribution in [1.82, 2.24) is 0 Å². The molecule has 0 aliphatic rings. The first-order valence-electron chi connectivity index (χ1n) is 1.33. The van der Waals surface area contributed by atoms with Gasteiger partial charge in [-0.15, -0.1) is 18.1 Å². The fraction of sp³-hybridized carbons (Fsp3) is 0. The summed E-state index contributed by atoms with van der Waals surface area (Å²) in [6.45, 7) is 0. The summed E-state index contributed by atoms with van der Waals surface area (Å²) in [6, 6.07) is 0. The van der Waals surface area contributed by atoms with Crippen molar-refractivity contribution in [2.75, 3.05) is 0 Å². The van der Waals surface area contributed by atoms with Gasteiger partial charge in [0.2, 0.25) is 0 Å². The minimum atomic E-state index is -4.33. The van der Waals surface area contributed by atoms with E-state index in [1.165, 1.54) is 0 Å². The smallest absolute Gasteiger partial charge is 0.780 e. The second-order valence-electron chi connectivity index (χ2n) is 0.816. The second kappa shape index (κ2) is 15.7. The Hall–Kier alpha value is 2.66. The molecule has 0 aromatic heterocycles. The Morgan fingerprint density at radius 3 is 0.643 bits per heavy atom. The fourth-order valence-corrected chi connectivity index (χ4v) is 0. The van der Waals surface area contributed by atoms with Gasteiger partial charge >= 0.3 is 68.3 Å². The van der Waals surface area contributed by atoms with Gasteiger partial charge in [-0.05, 0) is 22.4 Å². The molecule has 0 spiro atoms. The molecule has 0 aromatic rings. The Kier molecular flexibility index (Phi) is 40.2. The molecule has 0 bridgehead atoms. The van der Waals surface area contributed by atoms with Crippen molar-refractivity contribution in [2.24, 2.45) is 0 Å². The number of rotatable bonds is 0. The zero-order valence-electron chi connectivity index (χ0n) is 5.29. The standard InChI is InChI=1S/4Cu.2H2O3S2/c;;;;2*1-5(2,3)4/h;;;;2*(H2,1,2,3,4)/q4*+1;;/p-4. The molecule has 0 unspecified atom stereocenters. The van der Waals surface area contributed by atoms with Crippen molar-refractivity contribution < 1.29 is 94.9 Å². The summed E-state index contributed by atoms with van der Waals surface area (Å²) in [7, 11) is -8.67. The summed E-state index contributed by atoms with van der Waals surface area (Å²) in [5.74, 6) is 0. The molecule has 104 valence electrons. The summed E-state index contributed by atoms with van der Waals surface area (Å²) < 4.78 is 53.3. The van der Waals surface area contributed by atoms with E-state index >= 15 is 0 Å². The zero-order chi connectivity index (χ0) is 9.00. The summed E-state index contributed by atoms with van der Waals surface area (Å²) in [6.07, 6.45) is 0.